The van der Waals surface area contributed by atoms with Gasteiger partial charge in [0, 0.05) is 23.9 Å². The summed E-state index contributed by atoms with van der Waals surface area (Å²) in [5.74, 6) is -2.04. The van der Waals surface area contributed by atoms with Gasteiger partial charge in [-0.3, -0.25) is 10.1 Å². The van der Waals surface area contributed by atoms with Crippen LogP contribution in [-0.4, -0.2) is 33.7 Å². The number of benzene rings is 1. The van der Waals surface area contributed by atoms with E-state index in [4.69, 9.17) is 5.11 Å². The van der Waals surface area contributed by atoms with Crippen LogP contribution in [0, 0.1) is 0 Å². The number of carbonyl (C=O) groups is 2. The van der Waals surface area contributed by atoms with E-state index in [1.165, 1.54) is 0 Å². The number of nitrogens with one attached hydrogen (secondary N) is 2. The normalized spacial score (nSPS) is 21.1. The second-order valence-electron chi connectivity index (χ2n) is 5.31. The summed E-state index contributed by atoms with van der Waals surface area (Å²) in [6.45, 7) is 0.515. The average Bonchev–Trinajstić information content (AvgIpc) is 2.84. The molecule has 1 aromatic carbocycles. The maximum Gasteiger partial charge on any atom is 0.330 e. The van der Waals surface area contributed by atoms with Gasteiger partial charge >= 0.3 is 11.9 Å². The fourth-order valence-electron chi connectivity index (χ4n) is 3.11. The van der Waals surface area contributed by atoms with Crippen LogP contribution in [0.25, 0.3) is 10.9 Å². The molecule has 21 heavy (non-hydrogen) atoms. The molecule has 2 aromatic rings. The van der Waals surface area contributed by atoms with Gasteiger partial charge in [-0.05, 0) is 24.5 Å². The number of aromatic amines is 1. The Kier molecular flexibility index (Phi) is 3.17. The van der Waals surface area contributed by atoms with E-state index in [0.29, 0.717) is 12.2 Å². The highest BCUT2D eigenvalue weighted by Gasteiger charge is 2.45. The van der Waals surface area contributed by atoms with E-state index >= 15 is 0 Å². The standard InChI is InChI=1S/C15H16N2O4/c18-12(19)5-7-15(14(20)21)13-10(6-8-16-15)9-3-1-2-4-11(9)17-13/h1-4,16-17H,5-8H2,(H,18,19)(H,20,21). The lowest BCUT2D eigenvalue weighted by Gasteiger charge is -2.34. The molecule has 3 rings (SSSR count). The number of rotatable bonds is 4. The van der Waals surface area contributed by atoms with Gasteiger partial charge in [0.25, 0.3) is 0 Å². The third-order valence-corrected chi connectivity index (χ3v) is 4.12. The molecule has 1 aliphatic heterocycles. The molecule has 1 aromatic heterocycles. The average molecular weight is 288 g/mol. The molecule has 0 fully saturated rings. The van der Waals surface area contributed by atoms with Crippen LogP contribution in [0.1, 0.15) is 24.1 Å². The van der Waals surface area contributed by atoms with Crippen molar-refractivity contribution < 1.29 is 19.8 Å². The maximum absolute atomic E-state index is 11.9. The number of aliphatic carboxylic acids is 2. The van der Waals surface area contributed by atoms with Gasteiger partial charge in [0.15, 0.2) is 5.54 Å². The third kappa shape index (κ3) is 2.08. The smallest absolute Gasteiger partial charge is 0.330 e. The van der Waals surface area contributed by atoms with Crippen molar-refractivity contribution in [3.63, 3.8) is 0 Å². The number of hydrogen-bond acceptors (Lipinski definition) is 3. The first kappa shape index (κ1) is 13.6. The zero-order valence-electron chi connectivity index (χ0n) is 11.3. The maximum atomic E-state index is 11.9. The first-order valence-electron chi connectivity index (χ1n) is 6.85. The van der Waals surface area contributed by atoms with Gasteiger partial charge in [0.05, 0.1) is 5.69 Å². The van der Waals surface area contributed by atoms with Crippen LogP contribution in [0.3, 0.4) is 0 Å². The fraction of sp³-hybridized carbons (Fsp3) is 0.333. The van der Waals surface area contributed by atoms with Gasteiger partial charge in [-0.2, -0.15) is 0 Å². The van der Waals surface area contributed by atoms with E-state index in [0.717, 1.165) is 22.9 Å². The Morgan fingerprint density at radius 2 is 2.00 bits per heavy atom. The van der Waals surface area contributed by atoms with Gasteiger partial charge < -0.3 is 15.2 Å². The van der Waals surface area contributed by atoms with Crippen LogP contribution in [-0.2, 0) is 21.5 Å². The Morgan fingerprint density at radius 3 is 2.71 bits per heavy atom. The third-order valence-electron chi connectivity index (χ3n) is 4.12. The van der Waals surface area contributed by atoms with Crippen molar-refractivity contribution in [2.24, 2.45) is 0 Å². The van der Waals surface area contributed by atoms with Gasteiger partial charge in [-0.25, -0.2) is 4.79 Å². The molecule has 0 aliphatic carbocycles. The van der Waals surface area contributed by atoms with E-state index in [1.807, 2.05) is 24.3 Å². The Bertz CT molecular complexity index is 722. The molecule has 6 heteroatoms. The number of aromatic nitrogens is 1. The first-order chi connectivity index (χ1) is 10.0. The topological polar surface area (TPSA) is 102 Å². The SMILES string of the molecule is O=C(O)CCC1(C(=O)O)NCCc2c1[nH]c1ccccc21. The molecular formula is C15H16N2O4. The largest absolute Gasteiger partial charge is 0.481 e. The molecule has 0 bridgehead atoms. The van der Waals surface area contributed by atoms with Crippen LogP contribution >= 0.6 is 0 Å². The van der Waals surface area contributed by atoms with E-state index in [9.17, 15) is 14.7 Å². The summed E-state index contributed by atoms with van der Waals surface area (Å²) in [6, 6.07) is 7.66. The highest BCUT2D eigenvalue weighted by atomic mass is 16.4. The molecule has 110 valence electrons. The Hall–Kier alpha value is -2.34. The van der Waals surface area contributed by atoms with Crippen LogP contribution in [0.4, 0.5) is 0 Å². The summed E-state index contributed by atoms with van der Waals surface area (Å²) in [5, 5.41) is 22.6. The van der Waals surface area contributed by atoms with E-state index < -0.39 is 17.5 Å². The van der Waals surface area contributed by atoms with E-state index in [1.54, 1.807) is 0 Å². The highest BCUT2D eigenvalue weighted by Crippen LogP contribution is 2.36. The molecule has 4 N–H and O–H groups in total. The number of H-pyrrole nitrogens is 1. The van der Waals surface area contributed by atoms with Crippen molar-refractivity contribution in [3.05, 3.63) is 35.5 Å². The van der Waals surface area contributed by atoms with Crippen LogP contribution in [0.15, 0.2) is 24.3 Å². The van der Waals surface area contributed by atoms with Crippen molar-refractivity contribution in [2.45, 2.75) is 24.8 Å². The molecule has 1 aliphatic rings. The summed E-state index contributed by atoms with van der Waals surface area (Å²) in [4.78, 5) is 25.9. The minimum absolute atomic E-state index is 0.0114. The Balaban J connectivity index is 2.16. The molecule has 0 amide bonds. The molecule has 2 heterocycles. The Labute approximate surface area is 120 Å². The molecule has 0 radical (unpaired) electrons. The predicted octanol–water partition coefficient (Wildman–Crippen LogP) is 1.46. The van der Waals surface area contributed by atoms with Crippen molar-refractivity contribution >= 4 is 22.8 Å². The van der Waals surface area contributed by atoms with Crippen molar-refractivity contribution in [2.75, 3.05) is 6.54 Å². The van der Waals surface area contributed by atoms with Crippen LogP contribution in [0.2, 0.25) is 0 Å². The number of hydrogen-bond donors (Lipinski definition) is 4. The second-order valence-corrected chi connectivity index (χ2v) is 5.31. The Morgan fingerprint density at radius 1 is 1.24 bits per heavy atom. The summed E-state index contributed by atoms with van der Waals surface area (Å²) < 4.78 is 0. The van der Waals surface area contributed by atoms with Gasteiger partial charge in [0.2, 0.25) is 0 Å². The molecule has 1 unspecified atom stereocenters. The van der Waals surface area contributed by atoms with Crippen molar-refractivity contribution in [1.82, 2.24) is 10.3 Å². The molecule has 1 atom stereocenters. The molecule has 6 nitrogen and oxygen atoms in total. The second kappa shape index (κ2) is 4.89. The van der Waals surface area contributed by atoms with E-state index in [-0.39, 0.29) is 12.8 Å². The molecule has 0 saturated carbocycles. The number of carboxylic acids is 2. The van der Waals surface area contributed by atoms with Gasteiger partial charge in [-0.1, -0.05) is 18.2 Å². The quantitative estimate of drug-likeness (QED) is 0.682. The zero-order valence-corrected chi connectivity index (χ0v) is 11.3. The number of para-hydroxylation sites is 1. The summed E-state index contributed by atoms with van der Waals surface area (Å²) >= 11 is 0. The lowest BCUT2D eigenvalue weighted by molar-refractivity contribution is -0.147. The predicted molar refractivity (Wildman–Crippen MR) is 76.2 cm³/mol. The van der Waals surface area contributed by atoms with Gasteiger partial charge in [-0.15, -0.1) is 0 Å². The number of fused-ring (bicyclic) bond motifs is 3. The lowest BCUT2D eigenvalue weighted by atomic mass is 9.83. The summed E-state index contributed by atoms with van der Waals surface area (Å²) in [7, 11) is 0. The number of carboxylic acid groups (broad SMARTS) is 2. The fourth-order valence-corrected chi connectivity index (χ4v) is 3.11. The van der Waals surface area contributed by atoms with Crippen LogP contribution < -0.4 is 5.32 Å². The zero-order chi connectivity index (χ0) is 15.0. The van der Waals surface area contributed by atoms with Crippen molar-refractivity contribution in [3.8, 4) is 0 Å². The summed E-state index contributed by atoms with van der Waals surface area (Å²) in [5.41, 5.74) is 1.08. The van der Waals surface area contributed by atoms with Gasteiger partial charge in [0.1, 0.15) is 0 Å². The van der Waals surface area contributed by atoms with Crippen LogP contribution in [0.5, 0.6) is 0 Å². The molecule has 0 spiro atoms. The molecule has 0 saturated heterocycles. The highest BCUT2D eigenvalue weighted by molar-refractivity contribution is 5.90. The lowest BCUT2D eigenvalue weighted by Crippen LogP contribution is -2.53. The molecular weight excluding hydrogens is 272 g/mol. The summed E-state index contributed by atoms with van der Waals surface area (Å²) in [6.07, 6.45) is 0.535. The minimum atomic E-state index is -1.36. The first-order valence-corrected chi connectivity index (χ1v) is 6.85. The monoisotopic (exact) mass is 288 g/mol. The van der Waals surface area contributed by atoms with Crippen molar-refractivity contribution in [1.29, 1.82) is 0 Å². The van der Waals surface area contributed by atoms with E-state index in [2.05, 4.69) is 10.3 Å². The minimum Gasteiger partial charge on any atom is -0.481 e.